The second-order valence-corrected chi connectivity index (χ2v) is 5.18. The number of carbonyl (C=O) groups is 1. The SMILES string of the molecule is COc1cc(N)c(Cl)cc1C(=O)NC1CNC(CO)C1.Cl. The summed E-state index contributed by atoms with van der Waals surface area (Å²) in [6.07, 6.45) is 0.688. The topological polar surface area (TPSA) is 96.6 Å². The summed E-state index contributed by atoms with van der Waals surface area (Å²) in [6, 6.07) is 3.02. The lowest BCUT2D eigenvalue weighted by Gasteiger charge is -2.14. The van der Waals surface area contributed by atoms with Crippen LogP contribution in [0.1, 0.15) is 16.8 Å². The summed E-state index contributed by atoms with van der Waals surface area (Å²) < 4.78 is 5.15. The Hall–Kier alpha value is -1.21. The quantitative estimate of drug-likeness (QED) is 0.610. The van der Waals surface area contributed by atoms with Crippen molar-refractivity contribution in [2.24, 2.45) is 0 Å². The van der Waals surface area contributed by atoms with Gasteiger partial charge in [0.1, 0.15) is 5.75 Å². The first-order valence-electron chi connectivity index (χ1n) is 6.33. The van der Waals surface area contributed by atoms with Crippen molar-refractivity contribution in [1.29, 1.82) is 0 Å². The number of hydrogen-bond donors (Lipinski definition) is 4. The molecule has 0 aliphatic carbocycles. The minimum absolute atomic E-state index is 0. The van der Waals surface area contributed by atoms with E-state index in [2.05, 4.69) is 10.6 Å². The van der Waals surface area contributed by atoms with Crippen molar-refractivity contribution in [3.63, 3.8) is 0 Å². The van der Waals surface area contributed by atoms with Crippen LogP contribution < -0.4 is 21.1 Å². The van der Waals surface area contributed by atoms with Crippen molar-refractivity contribution in [2.75, 3.05) is 26.0 Å². The number of halogens is 2. The smallest absolute Gasteiger partial charge is 0.255 e. The van der Waals surface area contributed by atoms with Crippen LogP contribution in [0.2, 0.25) is 5.02 Å². The van der Waals surface area contributed by atoms with Crippen LogP contribution in [0.15, 0.2) is 12.1 Å². The number of aliphatic hydroxyl groups is 1. The average Bonchev–Trinajstić information content (AvgIpc) is 2.88. The summed E-state index contributed by atoms with van der Waals surface area (Å²) in [4.78, 5) is 12.3. The van der Waals surface area contributed by atoms with Crippen LogP contribution >= 0.6 is 24.0 Å². The number of methoxy groups -OCH3 is 1. The van der Waals surface area contributed by atoms with E-state index in [0.29, 0.717) is 35.0 Å². The number of nitrogen functional groups attached to an aromatic ring is 1. The molecule has 1 amide bonds. The average molecular weight is 336 g/mol. The molecule has 5 N–H and O–H groups in total. The van der Waals surface area contributed by atoms with Crippen molar-refractivity contribution in [3.8, 4) is 5.75 Å². The van der Waals surface area contributed by atoms with Gasteiger partial charge in [0, 0.05) is 24.7 Å². The fourth-order valence-electron chi connectivity index (χ4n) is 2.25. The molecule has 1 aromatic carbocycles. The second kappa shape index (κ2) is 7.70. The van der Waals surface area contributed by atoms with Gasteiger partial charge in [0.15, 0.2) is 0 Å². The third kappa shape index (κ3) is 4.14. The van der Waals surface area contributed by atoms with Gasteiger partial charge in [-0.2, -0.15) is 0 Å². The van der Waals surface area contributed by atoms with Crippen LogP contribution in [0, 0.1) is 0 Å². The molecular weight excluding hydrogens is 317 g/mol. The Morgan fingerprint density at radius 1 is 1.62 bits per heavy atom. The Morgan fingerprint density at radius 2 is 2.33 bits per heavy atom. The zero-order valence-corrected chi connectivity index (χ0v) is 13.1. The molecule has 2 unspecified atom stereocenters. The molecule has 21 heavy (non-hydrogen) atoms. The van der Waals surface area contributed by atoms with Crippen LogP contribution in [0.3, 0.4) is 0 Å². The molecule has 1 aliphatic rings. The molecule has 0 radical (unpaired) electrons. The Labute approximate surface area is 134 Å². The molecule has 0 saturated carbocycles. The van der Waals surface area contributed by atoms with E-state index in [4.69, 9.17) is 27.2 Å². The predicted molar refractivity (Wildman–Crippen MR) is 84.4 cm³/mol. The normalized spacial score (nSPS) is 20.7. The van der Waals surface area contributed by atoms with Gasteiger partial charge in [-0.1, -0.05) is 11.6 Å². The highest BCUT2D eigenvalue weighted by Gasteiger charge is 2.26. The lowest BCUT2D eigenvalue weighted by molar-refractivity contribution is 0.0936. The lowest BCUT2D eigenvalue weighted by Crippen LogP contribution is -2.36. The maximum atomic E-state index is 12.3. The minimum atomic E-state index is -0.269. The maximum Gasteiger partial charge on any atom is 0.255 e. The fraction of sp³-hybridized carbons (Fsp3) is 0.462. The van der Waals surface area contributed by atoms with Gasteiger partial charge in [0.05, 0.1) is 30.0 Å². The van der Waals surface area contributed by atoms with E-state index in [1.807, 2.05) is 0 Å². The summed E-state index contributed by atoms with van der Waals surface area (Å²) in [5.74, 6) is 0.114. The molecule has 0 bridgehead atoms. The minimum Gasteiger partial charge on any atom is -0.496 e. The number of ether oxygens (including phenoxy) is 1. The molecule has 1 fully saturated rings. The number of anilines is 1. The van der Waals surface area contributed by atoms with Gasteiger partial charge in [-0.15, -0.1) is 12.4 Å². The lowest BCUT2D eigenvalue weighted by atomic mass is 10.1. The van der Waals surface area contributed by atoms with Crippen LogP contribution in [0.4, 0.5) is 5.69 Å². The second-order valence-electron chi connectivity index (χ2n) is 4.77. The Kier molecular flexibility index (Phi) is 6.54. The van der Waals surface area contributed by atoms with Gasteiger partial charge in [0.2, 0.25) is 0 Å². The summed E-state index contributed by atoms with van der Waals surface area (Å²) >= 11 is 5.94. The highest BCUT2D eigenvalue weighted by atomic mass is 35.5. The van der Waals surface area contributed by atoms with E-state index in [0.717, 1.165) is 0 Å². The van der Waals surface area contributed by atoms with E-state index >= 15 is 0 Å². The molecule has 2 rings (SSSR count). The zero-order chi connectivity index (χ0) is 14.7. The van der Waals surface area contributed by atoms with E-state index in [-0.39, 0.29) is 37.0 Å². The maximum absolute atomic E-state index is 12.3. The highest BCUT2D eigenvalue weighted by molar-refractivity contribution is 6.33. The third-order valence-corrected chi connectivity index (χ3v) is 3.67. The number of carbonyl (C=O) groups excluding carboxylic acids is 1. The van der Waals surface area contributed by atoms with Crippen molar-refractivity contribution in [1.82, 2.24) is 10.6 Å². The first kappa shape index (κ1) is 17.8. The van der Waals surface area contributed by atoms with E-state index in [1.165, 1.54) is 19.2 Å². The standard InChI is InChI=1S/C13H18ClN3O3.ClH/c1-20-12-4-11(15)10(14)3-9(12)13(19)17-7-2-8(6-18)16-5-7;/h3-4,7-8,16,18H,2,5-6,15H2,1H3,(H,17,19);1H. The number of aliphatic hydroxyl groups excluding tert-OH is 1. The molecular formula is C13H19Cl2N3O3. The molecule has 1 aromatic rings. The van der Waals surface area contributed by atoms with Gasteiger partial charge in [-0.25, -0.2) is 0 Å². The number of nitrogens with two attached hydrogens (primary N) is 1. The fourth-order valence-corrected chi connectivity index (χ4v) is 2.41. The van der Waals surface area contributed by atoms with Gasteiger partial charge >= 0.3 is 0 Å². The number of rotatable bonds is 4. The summed E-state index contributed by atoms with van der Waals surface area (Å²) in [6.45, 7) is 0.686. The number of nitrogens with one attached hydrogen (secondary N) is 2. The van der Waals surface area contributed by atoms with E-state index < -0.39 is 0 Å². The number of benzene rings is 1. The highest BCUT2D eigenvalue weighted by Crippen LogP contribution is 2.28. The van der Waals surface area contributed by atoms with Crippen molar-refractivity contribution < 1.29 is 14.6 Å². The molecule has 0 spiro atoms. The van der Waals surface area contributed by atoms with Crippen LogP contribution in [0.25, 0.3) is 0 Å². The predicted octanol–water partition coefficient (Wildman–Crippen LogP) is 0.805. The van der Waals surface area contributed by atoms with Gasteiger partial charge in [-0.3, -0.25) is 4.79 Å². The van der Waals surface area contributed by atoms with Gasteiger partial charge in [0.25, 0.3) is 5.91 Å². The van der Waals surface area contributed by atoms with Gasteiger partial charge < -0.3 is 26.2 Å². The molecule has 1 aliphatic heterocycles. The number of hydrogen-bond acceptors (Lipinski definition) is 5. The molecule has 1 saturated heterocycles. The third-order valence-electron chi connectivity index (χ3n) is 3.34. The zero-order valence-electron chi connectivity index (χ0n) is 11.6. The molecule has 118 valence electrons. The van der Waals surface area contributed by atoms with Crippen molar-refractivity contribution in [2.45, 2.75) is 18.5 Å². The Balaban J connectivity index is 0.00000220. The monoisotopic (exact) mass is 335 g/mol. The number of amides is 1. The van der Waals surface area contributed by atoms with Crippen molar-refractivity contribution in [3.05, 3.63) is 22.7 Å². The van der Waals surface area contributed by atoms with Crippen LogP contribution in [-0.4, -0.2) is 43.4 Å². The first-order chi connectivity index (χ1) is 9.55. The Morgan fingerprint density at radius 3 is 2.90 bits per heavy atom. The largest absolute Gasteiger partial charge is 0.496 e. The van der Waals surface area contributed by atoms with Crippen molar-refractivity contribution >= 4 is 35.6 Å². The molecule has 2 atom stereocenters. The summed E-state index contributed by atoms with van der Waals surface area (Å²) in [5, 5.41) is 15.4. The van der Waals surface area contributed by atoms with Gasteiger partial charge in [-0.05, 0) is 12.5 Å². The summed E-state index contributed by atoms with van der Waals surface area (Å²) in [5.41, 5.74) is 6.39. The molecule has 6 nitrogen and oxygen atoms in total. The summed E-state index contributed by atoms with van der Waals surface area (Å²) in [7, 11) is 1.47. The Bertz CT molecular complexity index is 514. The van der Waals surface area contributed by atoms with Crippen LogP contribution in [0.5, 0.6) is 5.75 Å². The molecule has 8 heteroatoms. The van der Waals surface area contributed by atoms with E-state index in [9.17, 15) is 4.79 Å². The van der Waals surface area contributed by atoms with E-state index in [1.54, 1.807) is 0 Å². The first-order valence-corrected chi connectivity index (χ1v) is 6.71. The van der Waals surface area contributed by atoms with Crippen LogP contribution in [-0.2, 0) is 0 Å². The molecule has 1 heterocycles. The molecule has 0 aromatic heterocycles.